The first-order valence-corrected chi connectivity index (χ1v) is 26.5. The van der Waals surface area contributed by atoms with Gasteiger partial charge >= 0.3 is 13.8 Å². The number of phosphoric acid groups is 1. The molecule has 0 aliphatic carbocycles. The van der Waals surface area contributed by atoms with Crippen LogP contribution in [0.5, 0.6) is 0 Å². The van der Waals surface area contributed by atoms with Gasteiger partial charge in [-0.1, -0.05) is 193 Å². The van der Waals surface area contributed by atoms with E-state index >= 15 is 0 Å². The molecule has 8 nitrogen and oxygen atoms in total. The zero-order chi connectivity index (χ0) is 46.5. The largest absolute Gasteiger partial charge is 0.472 e. The SMILES string of the molecule is CC/C=C\C/C=C\C/C=C\C/C=C\C/C=C\C/C=C\CCCCCCCCCOCC(COP(=O)(O)OCCN)OC(=O)CCCCCCCC/C=C\C/C=C\C/C=C\C/C=C\CC. The van der Waals surface area contributed by atoms with Crippen molar-refractivity contribution in [3.05, 3.63) is 122 Å². The molecule has 3 N–H and O–H groups in total. The average Bonchev–Trinajstić information content (AvgIpc) is 3.29. The molecule has 0 saturated heterocycles. The molecule has 0 aromatic carbocycles. The molecule has 0 radical (unpaired) electrons. The molecule has 0 fully saturated rings. The molecule has 364 valence electrons. The Morgan fingerprint density at radius 3 is 1.23 bits per heavy atom. The number of carbonyl (C=O) groups excluding carboxylic acids is 1. The van der Waals surface area contributed by atoms with E-state index in [2.05, 4.69) is 135 Å². The van der Waals surface area contributed by atoms with Crippen LogP contribution < -0.4 is 5.73 Å². The van der Waals surface area contributed by atoms with Gasteiger partial charge in [0.1, 0.15) is 6.10 Å². The van der Waals surface area contributed by atoms with E-state index in [0.29, 0.717) is 13.0 Å². The number of allylic oxidation sites excluding steroid dienone is 20. The van der Waals surface area contributed by atoms with Gasteiger partial charge < -0.3 is 20.1 Å². The Labute approximate surface area is 392 Å². The molecular formula is C55H92NO7P. The second-order valence-corrected chi connectivity index (χ2v) is 17.4. The number of phosphoric ester groups is 1. The maximum Gasteiger partial charge on any atom is 0.472 e. The van der Waals surface area contributed by atoms with Gasteiger partial charge in [0.2, 0.25) is 0 Å². The number of unbranched alkanes of at least 4 members (excludes halogenated alkanes) is 13. The van der Waals surface area contributed by atoms with Crippen LogP contribution in [0.1, 0.15) is 181 Å². The summed E-state index contributed by atoms with van der Waals surface area (Å²) in [6.45, 7) is 4.62. The molecule has 0 aromatic rings. The first-order chi connectivity index (χ1) is 31.4. The van der Waals surface area contributed by atoms with Crippen LogP contribution in [0.25, 0.3) is 0 Å². The first-order valence-electron chi connectivity index (χ1n) is 25.0. The maximum atomic E-state index is 12.6. The third-order valence-corrected chi connectivity index (χ3v) is 10.9. The summed E-state index contributed by atoms with van der Waals surface area (Å²) in [5.74, 6) is -0.354. The van der Waals surface area contributed by atoms with Gasteiger partial charge in [-0.15, -0.1) is 0 Å². The summed E-state index contributed by atoms with van der Waals surface area (Å²) in [7, 11) is -4.30. The molecule has 0 spiro atoms. The summed E-state index contributed by atoms with van der Waals surface area (Å²) in [6, 6.07) is 0. The van der Waals surface area contributed by atoms with E-state index in [0.717, 1.165) is 122 Å². The molecule has 2 unspecified atom stereocenters. The van der Waals surface area contributed by atoms with Crippen LogP contribution in [0.2, 0.25) is 0 Å². The summed E-state index contributed by atoms with van der Waals surface area (Å²) in [5, 5.41) is 0. The third-order valence-electron chi connectivity index (χ3n) is 9.87. The lowest BCUT2D eigenvalue weighted by molar-refractivity contribution is -0.154. The van der Waals surface area contributed by atoms with Gasteiger partial charge in [-0.3, -0.25) is 13.8 Å². The Bertz CT molecular complexity index is 1390. The molecule has 0 bridgehead atoms. The van der Waals surface area contributed by atoms with Crippen molar-refractivity contribution < 1.29 is 32.8 Å². The fraction of sp³-hybridized carbons (Fsp3) is 0.618. The summed E-state index contributed by atoms with van der Waals surface area (Å²) < 4.78 is 33.5. The summed E-state index contributed by atoms with van der Waals surface area (Å²) in [6.07, 6.45) is 70.8. The predicted molar refractivity (Wildman–Crippen MR) is 274 cm³/mol. The zero-order valence-electron chi connectivity index (χ0n) is 40.5. The van der Waals surface area contributed by atoms with Gasteiger partial charge in [0.15, 0.2) is 0 Å². The third kappa shape index (κ3) is 49.9. The highest BCUT2D eigenvalue weighted by Gasteiger charge is 2.25. The molecule has 2 atom stereocenters. The molecule has 9 heteroatoms. The summed E-state index contributed by atoms with van der Waals surface area (Å²) >= 11 is 0. The fourth-order valence-electron chi connectivity index (χ4n) is 6.28. The van der Waals surface area contributed by atoms with E-state index in [1.165, 1.54) is 38.5 Å². The van der Waals surface area contributed by atoms with Crippen molar-refractivity contribution in [2.45, 2.75) is 187 Å². The van der Waals surface area contributed by atoms with Crippen LogP contribution in [0, 0.1) is 0 Å². The molecule has 0 aliphatic heterocycles. The van der Waals surface area contributed by atoms with Gasteiger partial charge in [0.05, 0.1) is 19.8 Å². The van der Waals surface area contributed by atoms with Crippen molar-refractivity contribution in [2.24, 2.45) is 5.73 Å². The van der Waals surface area contributed by atoms with Crippen molar-refractivity contribution >= 4 is 13.8 Å². The second kappa shape index (κ2) is 50.9. The van der Waals surface area contributed by atoms with Crippen LogP contribution >= 0.6 is 7.82 Å². The smallest absolute Gasteiger partial charge is 0.457 e. The monoisotopic (exact) mass is 910 g/mol. The van der Waals surface area contributed by atoms with Gasteiger partial charge in [0, 0.05) is 19.6 Å². The second-order valence-electron chi connectivity index (χ2n) is 15.9. The Hall–Kier alpha value is -3.10. The lowest BCUT2D eigenvalue weighted by Gasteiger charge is -2.20. The number of hydrogen-bond acceptors (Lipinski definition) is 7. The number of esters is 1. The van der Waals surface area contributed by atoms with Gasteiger partial charge in [-0.2, -0.15) is 0 Å². The van der Waals surface area contributed by atoms with E-state index < -0.39 is 13.9 Å². The molecule has 0 aromatic heterocycles. The van der Waals surface area contributed by atoms with E-state index in [4.69, 9.17) is 24.3 Å². The minimum Gasteiger partial charge on any atom is -0.457 e. The summed E-state index contributed by atoms with van der Waals surface area (Å²) in [5.41, 5.74) is 5.38. The molecule has 64 heavy (non-hydrogen) atoms. The zero-order valence-corrected chi connectivity index (χ0v) is 41.4. The number of rotatable bonds is 46. The van der Waals surface area contributed by atoms with Crippen LogP contribution in [-0.4, -0.2) is 49.9 Å². The van der Waals surface area contributed by atoms with Crippen LogP contribution in [0.4, 0.5) is 0 Å². The van der Waals surface area contributed by atoms with Crippen molar-refractivity contribution in [3.8, 4) is 0 Å². The standard InChI is InChI=1S/C55H92NO7P/c1-3-5-7-9-11-13-15-17-19-21-23-24-25-26-27-28-29-31-33-35-37-39-41-43-45-47-50-60-52-54(53-62-64(58,59)61-51-49-56)63-55(57)48-46-44-42-40-38-36-34-32-30-22-20-18-16-14-12-10-8-6-4-2/h5-8,11-14,17-20,23-24,26-27,29-32,54H,3-4,9-10,15-16,21-22,25,28,33-53,56H2,1-2H3,(H,58,59)/b7-5-,8-6-,13-11-,14-12-,19-17-,20-18-,24-23-,27-26-,31-29-,32-30-. The maximum absolute atomic E-state index is 12.6. The van der Waals surface area contributed by atoms with Crippen molar-refractivity contribution in [2.75, 3.05) is 33.0 Å². The predicted octanol–water partition coefficient (Wildman–Crippen LogP) is 15.8. The Morgan fingerprint density at radius 1 is 0.469 bits per heavy atom. The van der Waals surface area contributed by atoms with Crippen LogP contribution in [0.3, 0.4) is 0 Å². The van der Waals surface area contributed by atoms with Crippen molar-refractivity contribution in [1.29, 1.82) is 0 Å². The van der Waals surface area contributed by atoms with E-state index in [-0.39, 0.29) is 32.3 Å². The number of hydrogen-bond donors (Lipinski definition) is 2. The minimum atomic E-state index is -4.30. The van der Waals surface area contributed by atoms with Gasteiger partial charge in [-0.25, -0.2) is 4.57 Å². The minimum absolute atomic E-state index is 0.0883. The Kier molecular flexibility index (Phi) is 48.4. The van der Waals surface area contributed by atoms with Gasteiger partial charge in [0.25, 0.3) is 0 Å². The molecular weight excluding hydrogens is 818 g/mol. The Morgan fingerprint density at radius 2 is 0.828 bits per heavy atom. The number of ether oxygens (including phenoxy) is 2. The highest BCUT2D eigenvalue weighted by molar-refractivity contribution is 7.47. The normalized spacial score (nSPS) is 14.4. The van der Waals surface area contributed by atoms with Crippen LogP contribution in [0.15, 0.2) is 122 Å². The topological polar surface area (TPSA) is 117 Å². The lowest BCUT2D eigenvalue weighted by Crippen LogP contribution is -2.28. The number of nitrogens with two attached hydrogens (primary N) is 1. The van der Waals surface area contributed by atoms with E-state index in [1.807, 2.05) is 0 Å². The molecule has 0 aliphatic rings. The highest BCUT2D eigenvalue weighted by Crippen LogP contribution is 2.43. The lowest BCUT2D eigenvalue weighted by atomic mass is 10.1. The average molecular weight is 910 g/mol. The quantitative estimate of drug-likeness (QED) is 0.0268. The van der Waals surface area contributed by atoms with Crippen molar-refractivity contribution in [1.82, 2.24) is 0 Å². The highest BCUT2D eigenvalue weighted by atomic mass is 31.2. The molecule has 0 rings (SSSR count). The number of carbonyl (C=O) groups is 1. The molecule has 0 heterocycles. The Balaban J connectivity index is 4.05. The first kappa shape index (κ1) is 60.9. The summed E-state index contributed by atoms with van der Waals surface area (Å²) in [4.78, 5) is 22.6. The molecule has 0 saturated carbocycles. The van der Waals surface area contributed by atoms with Crippen LogP contribution in [-0.2, 0) is 27.9 Å². The van der Waals surface area contributed by atoms with Crippen molar-refractivity contribution in [3.63, 3.8) is 0 Å². The molecule has 0 amide bonds. The van der Waals surface area contributed by atoms with E-state index in [9.17, 15) is 14.3 Å². The van der Waals surface area contributed by atoms with Gasteiger partial charge in [-0.05, 0) is 103 Å². The fourth-order valence-corrected chi connectivity index (χ4v) is 7.05. The van der Waals surface area contributed by atoms with E-state index in [1.54, 1.807) is 0 Å².